The van der Waals surface area contributed by atoms with Crippen LogP contribution in [0.4, 0.5) is 5.82 Å². The van der Waals surface area contributed by atoms with Gasteiger partial charge in [0, 0.05) is 4.88 Å². The summed E-state index contributed by atoms with van der Waals surface area (Å²) < 4.78 is 1.07. The molecule has 0 radical (unpaired) electrons. The summed E-state index contributed by atoms with van der Waals surface area (Å²) in [6.07, 6.45) is 1.54. The fourth-order valence-electron chi connectivity index (χ4n) is 1.28. The molecule has 2 aromatic heterocycles. The average Bonchev–Trinajstić information content (AvgIpc) is 2.87. The maximum atomic E-state index is 11.8. The lowest BCUT2D eigenvalue weighted by atomic mass is 10.3. The Kier molecular flexibility index (Phi) is 2.70. The van der Waals surface area contributed by atoms with Crippen molar-refractivity contribution in [2.24, 2.45) is 0 Å². The van der Waals surface area contributed by atoms with Crippen molar-refractivity contribution in [3.63, 3.8) is 0 Å². The summed E-state index contributed by atoms with van der Waals surface area (Å²) in [7, 11) is 0. The summed E-state index contributed by atoms with van der Waals surface area (Å²) in [5.41, 5.74) is 5.83. The van der Waals surface area contributed by atoms with Crippen molar-refractivity contribution in [1.82, 2.24) is 9.78 Å². The fourth-order valence-corrected chi connectivity index (χ4v) is 1.98. The van der Waals surface area contributed by atoms with Crippen LogP contribution in [0.1, 0.15) is 15.2 Å². The van der Waals surface area contributed by atoms with E-state index in [2.05, 4.69) is 5.10 Å². The van der Waals surface area contributed by atoms with E-state index in [9.17, 15) is 4.79 Å². The molecule has 0 spiro atoms. The van der Waals surface area contributed by atoms with Gasteiger partial charge in [0.2, 0.25) is 0 Å². The number of nitrogen functional groups attached to an aromatic ring is 1. The second-order valence-electron chi connectivity index (χ2n) is 3.12. The maximum absolute atomic E-state index is 11.8. The van der Waals surface area contributed by atoms with Crippen LogP contribution in [-0.2, 0) is 6.42 Å². The van der Waals surface area contributed by atoms with Gasteiger partial charge in [-0.05, 0) is 11.4 Å². The van der Waals surface area contributed by atoms with Gasteiger partial charge in [-0.3, -0.25) is 4.79 Å². The minimum absolute atomic E-state index is 0.101. The molecule has 0 unspecified atom stereocenters. The highest BCUT2D eigenvalue weighted by atomic mass is 32.1. The van der Waals surface area contributed by atoms with Gasteiger partial charge >= 0.3 is 0 Å². The van der Waals surface area contributed by atoms with Gasteiger partial charge in [0.25, 0.3) is 5.91 Å². The number of nitrogens with zero attached hydrogens (tertiary/aromatic N) is 3. The number of anilines is 1. The number of nitriles is 1. The van der Waals surface area contributed by atoms with Crippen LogP contribution in [0.3, 0.4) is 0 Å². The number of carbonyl (C=O) groups excluding carboxylic acids is 1. The standard InChI is InChI=1S/C10H8N4OS/c11-5-7-6-13-14(10(7)12)9(15)4-8-2-1-3-16-8/h1-3,6H,4,12H2. The zero-order chi connectivity index (χ0) is 11.5. The van der Waals surface area contributed by atoms with Crippen LogP contribution in [-0.4, -0.2) is 15.7 Å². The smallest absolute Gasteiger partial charge is 0.254 e. The molecule has 2 rings (SSSR count). The van der Waals surface area contributed by atoms with Gasteiger partial charge in [-0.25, -0.2) is 0 Å². The Morgan fingerprint density at radius 2 is 2.50 bits per heavy atom. The van der Waals surface area contributed by atoms with Gasteiger partial charge in [-0.2, -0.15) is 15.0 Å². The molecular formula is C10H8N4OS. The molecule has 2 N–H and O–H groups in total. The molecule has 5 nitrogen and oxygen atoms in total. The molecule has 0 fully saturated rings. The first-order valence-electron chi connectivity index (χ1n) is 4.51. The molecule has 80 valence electrons. The first-order chi connectivity index (χ1) is 7.72. The SMILES string of the molecule is N#Cc1cnn(C(=O)Cc2cccs2)c1N. The van der Waals surface area contributed by atoms with Gasteiger partial charge in [0.15, 0.2) is 0 Å². The monoisotopic (exact) mass is 232 g/mol. The lowest BCUT2D eigenvalue weighted by Crippen LogP contribution is -2.16. The molecule has 2 aromatic rings. The van der Waals surface area contributed by atoms with Crippen LogP contribution in [0.5, 0.6) is 0 Å². The number of rotatable bonds is 2. The summed E-state index contributed by atoms with van der Waals surface area (Å²) in [6.45, 7) is 0. The highest BCUT2D eigenvalue weighted by Crippen LogP contribution is 2.13. The molecular weight excluding hydrogens is 224 g/mol. The van der Waals surface area contributed by atoms with E-state index in [1.165, 1.54) is 17.5 Å². The molecule has 0 aliphatic rings. The van der Waals surface area contributed by atoms with Crippen molar-refractivity contribution < 1.29 is 4.79 Å². The summed E-state index contributed by atoms with van der Waals surface area (Å²) in [6, 6.07) is 5.62. The van der Waals surface area contributed by atoms with E-state index in [0.717, 1.165) is 9.56 Å². The Morgan fingerprint density at radius 3 is 3.06 bits per heavy atom. The van der Waals surface area contributed by atoms with Crippen molar-refractivity contribution in [3.05, 3.63) is 34.2 Å². The predicted octanol–water partition coefficient (Wildman–Crippen LogP) is 1.28. The molecule has 0 saturated heterocycles. The normalized spacial score (nSPS) is 9.94. The molecule has 6 heteroatoms. The van der Waals surface area contributed by atoms with E-state index in [1.807, 2.05) is 23.6 Å². The van der Waals surface area contributed by atoms with Crippen molar-refractivity contribution in [1.29, 1.82) is 5.26 Å². The molecule has 2 heterocycles. The Labute approximate surface area is 95.7 Å². The number of hydrogen-bond donors (Lipinski definition) is 1. The molecule has 0 aliphatic heterocycles. The fraction of sp³-hybridized carbons (Fsp3) is 0.100. The second kappa shape index (κ2) is 4.16. The minimum atomic E-state index is -0.235. The molecule has 0 bridgehead atoms. The zero-order valence-electron chi connectivity index (χ0n) is 8.25. The molecule has 0 aromatic carbocycles. The lowest BCUT2D eigenvalue weighted by molar-refractivity contribution is 0.0902. The highest BCUT2D eigenvalue weighted by molar-refractivity contribution is 7.10. The number of thiophene rings is 1. The Balaban J connectivity index is 2.22. The molecule has 16 heavy (non-hydrogen) atoms. The third kappa shape index (κ3) is 1.81. The third-order valence-electron chi connectivity index (χ3n) is 2.07. The van der Waals surface area contributed by atoms with Crippen LogP contribution in [0, 0.1) is 11.3 Å². The van der Waals surface area contributed by atoms with E-state index in [0.29, 0.717) is 0 Å². The second-order valence-corrected chi connectivity index (χ2v) is 4.15. The van der Waals surface area contributed by atoms with Gasteiger partial charge in [-0.15, -0.1) is 11.3 Å². The van der Waals surface area contributed by atoms with Crippen molar-refractivity contribution in [2.45, 2.75) is 6.42 Å². The maximum Gasteiger partial charge on any atom is 0.254 e. The van der Waals surface area contributed by atoms with Crippen molar-refractivity contribution in [3.8, 4) is 6.07 Å². The first kappa shape index (κ1) is 10.4. The summed E-state index contributed by atoms with van der Waals surface area (Å²) >= 11 is 1.50. The van der Waals surface area contributed by atoms with Gasteiger partial charge in [0.1, 0.15) is 17.5 Å². The van der Waals surface area contributed by atoms with E-state index in [4.69, 9.17) is 11.0 Å². The average molecular weight is 232 g/mol. The number of aromatic nitrogens is 2. The lowest BCUT2D eigenvalue weighted by Gasteiger charge is -2.00. The topological polar surface area (TPSA) is 84.7 Å². The van der Waals surface area contributed by atoms with E-state index < -0.39 is 0 Å². The summed E-state index contributed by atoms with van der Waals surface area (Å²) in [5, 5.41) is 14.4. The quantitative estimate of drug-likeness (QED) is 0.845. The number of nitrogens with two attached hydrogens (primary N) is 1. The Morgan fingerprint density at radius 1 is 1.69 bits per heavy atom. The first-order valence-corrected chi connectivity index (χ1v) is 5.39. The molecule has 0 amide bonds. The number of hydrogen-bond acceptors (Lipinski definition) is 5. The molecule has 0 saturated carbocycles. The third-order valence-corrected chi connectivity index (χ3v) is 2.95. The van der Waals surface area contributed by atoms with E-state index >= 15 is 0 Å². The van der Waals surface area contributed by atoms with Crippen LogP contribution >= 0.6 is 11.3 Å². The summed E-state index contributed by atoms with van der Waals surface area (Å²) in [4.78, 5) is 12.7. The van der Waals surface area contributed by atoms with Gasteiger partial charge < -0.3 is 5.73 Å². The van der Waals surface area contributed by atoms with E-state index in [1.54, 1.807) is 0 Å². The van der Waals surface area contributed by atoms with Crippen LogP contribution in [0.2, 0.25) is 0 Å². The largest absolute Gasteiger partial charge is 0.382 e. The van der Waals surface area contributed by atoms with Crippen LogP contribution < -0.4 is 5.73 Å². The van der Waals surface area contributed by atoms with E-state index in [-0.39, 0.29) is 23.7 Å². The Hall–Kier alpha value is -2.13. The van der Waals surface area contributed by atoms with Crippen molar-refractivity contribution in [2.75, 3.05) is 5.73 Å². The van der Waals surface area contributed by atoms with Crippen LogP contribution in [0.25, 0.3) is 0 Å². The van der Waals surface area contributed by atoms with Crippen LogP contribution in [0.15, 0.2) is 23.7 Å². The molecule has 0 aliphatic carbocycles. The highest BCUT2D eigenvalue weighted by Gasteiger charge is 2.14. The van der Waals surface area contributed by atoms with Crippen molar-refractivity contribution >= 4 is 23.1 Å². The molecule has 0 atom stereocenters. The Bertz CT molecular complexity index is 550. The predicted molar refractivity (Wildman–Crippen MR) is 60.0 cm³/mol. The number of carbonyl (C=O) groups is 1. The van der Waals surface area contributed by atoms with Gasteiger partial charge in [-0.1, -0.05) is 6.07 Å². The zero-order valence-corrected chi connectivity index (χ0v) is 9.07. The minimum Gasteiger partial charge on any atom is -0.382 e. The van der Waals surface area contributed by atoms with Gasteiger partial charge in [0.05, 0.1) is 12.6 Å². The summed E-state index contributed by atoms with van der Waals surface area (Å²) in [5.74, 6) is -0.134.